The Morgan fingerprint density at radius 3 is 2.79 bits per heavy atom. The molecule has 3 heteroatoms. The number of amidine groups is 1. The van der Waals surface area contributed by atoms with Crippen molar-refractivity contribution in [1.29, 1.82) is 0 Å². The molecule has 0 spiro atoms. The summed E-state index contributed by atoms with van der Waals surface area (Å²) in [5.41, 5.74) is 7.98. The minimum absolute atomic E-state index is 0.583. The summed E-state index contributed by atoms with van der Waals surface area (Å²) in [4.78, 5) is 4.21. The van der Waals surface area contributed by atoms with E-state index >= 15 is 0 Å². The van der Waals surface area contributed by atoms with Gasteiger partial charge in [0, 0.05) is 12.7 Å². The summed E-state index contributed by atoms with van der Waals surface area (Å²) < 4.78 is 4.90. The van der Waals surface area contributed by atoms with Crippen molar-refractivity contribution in [3.63, 3.8) is 0 Å². The molecule has 1 aromatic rings. The van der Waals surface area contributed by atoms with Crippen LogP contribution in [-0.2, 0) is 4.74 Å². The van der Waals surface area contributed by atoms with Gasteiger partial charge in [0.25, 0.3) is 0 Å². The number of aliphatic imine (C=N–C) groups is 1. The Bertz CT molecular complexity index is 321. The van der Waals surface area contributed by atoms with Crippen molar-refractivity contribution < 1.29 is 4.74 Å². The van der Waals surface area contributed by atoms with Crippen LogP contribution in [0.3, 0.4) is 0 Å². The van der Waals surface area contributed by atoms with Gasteiger partial charge in [0.05, 0.1) is 13.2 Å². The fourth-order valence-corrected chi connectivity index (χ4v) is 1.20. The van der Waals surface area contributed by atoms with E-state index in [0.717, 1.165) is 11.1 Å². The van der Waals surface area contributed by atoms with Gasteiger partial charge in [-0.1, -0.05) is 24.3 Å². The van der Waals surface area contributed by atoms with E-state index in [9.17, 15) is 0 Å². The Hall–Kier alpha value is -1.35. The van der Waals surface area contributed by atoms with Crippen molar-refractivity contribution in [2.45, 2.75) is 6.92 Å². The average Bonchev–Trinajstić information content (AvgIpc) is 2.18. The monoisotopic (exact) mass is 192 g/mol. The molecule has 0 radical (unpaired) electrons. The van der Waals surface area contributed by atoms with Crippen LogP contribution >= 0.6 is 0 Å². The molecule has 3 nitrogen and oxygen atoms in total. The molecule has 2 N–H and O–H groups in total. The van der Waals surface area contributed by atoms with E-state index in [2.05, 4.69) is 4.99 Å². The highest BCUT2D eigenvalue weighted by molar-refractivity contribution is 5.98. The molecule has 0 saturated carbocycles. The molecule has 0 aromatic heterocycles. The lowest BCUT2D eigenvalue weighted by Crippen LogP contribution is -2.16. The van der Waals surface area contributed by atoms with Crippen LogP contribution in [-0.4, -0.2) is 26.1 Å². The predicted octanol–water partition coefficient (Wildman–Crippen LogP) is 1.35. The number of aryl methyl sites for hydroxylation is 1. The maximum Gasteiger partial charge on any atom is 0.125 e. The Balaban J connectivity index is 2.73. The van der Waals surface area contributed by atoms with Crippen LogP contribution in [0.15, 0.2) is 29.3 Å². The summed E-state index contributed by atoms with van der Waals surface area (Å²) in [5, 5.41) is 0. The molecule has 0 atom stereocenters. The zero-order chi connectivity index (χ0) is 10.4. The van der Waals surface area contributed by atoms with Gasteiger partial charge in [-0.25, -0.2) is 0 Å². The number of hydrogen-bond donors (Lipinski definition) is 1. The predicted molar refractivity (Wildman–Crippen MR) is 58.6 cm³/mol. The molecule has 0 heterocycles. The van der Waals surface area contributed by atoms with Crippen LogP contribution in [0.5, 0.6) is 0 Å². The second-order valence-electron chi connectivity index (χ2n) is 3.07. The molecule has 14 heavy (non-hydrogen) atoms. The van der Waals surface area contributed by atoms with Gasteiger partial charge in [-0.2, -0.15) is 0 Å². The Labute approximate surface area is 84.6 Å². The van der Waals surface area contributed by atoms with E-state index in [1.807, 2.05) is 31.2 Å². The van der Waals surface area contributed by atoms with Gasteiger partial charge in [-0.3, -0.25) is 4.99 Å². The Kier molecular flexibility index (Phi) is 4.13. The zero-order valence-corrected chi connectivity index (χ0v) is 8.66. The topological polar surface area (TPSA) is 47.6 Å². The van der Waals surface area contributed by atoms with Crippen LogP contribution < -0.4 is 5.73 Å². The quantitative estimate of drug-likeness (QED) is 0.444. The van der Waals surface area contributed by atoms with Gasteiger partial charge in [0.15, 0.2) is 0 Å². The number of ether oxygens (including phenoxy) is 1. The van der Waals surface area contributed by atoms with Gasteiger partial charge in [0.2, 0.25) is 0 Å². The number of benzene rings is 1. The smallest absolute Gasteiger partial charge is 0.125 e. The van der Waals surface area contributed by atoms with Crippen molar-refractivity contribution >= 4 is 5.84 Å². The van der Waals surface area contributed by atoms with Crippen LogP contribution in [0.25, 0.3) is 0 Å². The fourth-order valence-electron chi connectivity index (χ4n) is 1.20. The molecule has 0 saturated heterocycles. The van der Waals surface area contributed by atoms with Gasteiger partial charge in [0.1, 0.15) is 5.84 Å². The molecular weight excluding hydrogens is 176 g/mol. The van der Waals surface area contributed by atoms with Crippen molar-refractivity contribution in [3.8, 4) is 0 Å². The lowest BCUT2D eigenvalue weighted by molar-refractivity contribution is 0.208. The average molecular weight is 192 g/mol. The summed E-state index contributed by atoms with van der Waals surface area (Å²) >= 11 is 0. The third kappa shape index (κ3) is 2.85. The molecule has 0 bridgehead atoms. The second-order valence-corrected chi connectivity index (χ2v) is 3.07. The first-order valence-corrected chi connectivity index (χ1v) is 4.60. The summed E-state index contributed by atoms with van der Waals surface area (Å²) in [7, 11) is 1.65. The van der Waals surface area contributed by atoms with Crippen molar-refractivity contribution in [3.05, 3.63) is 35.4 Å². The summed E-state index contributed by atoms with van der Waals surface area (Å²) in [6, 6.07) is 7.94. The second kappa shape index (κ2) is 5.40. The SMILES string of the molecule is COCCN=C(N)c1ccccc1C. The lowest BCUT2D eigenvalue weighted by Gasteiger charge is -2.04. The van der Waals surface area contributed by atoms with Crippen molar-refractivity contribution in [2.75, 3.05) is 20.3 Å². The lowest BCUT2D eigenvalue weighted by atomic mass is 10.1. The van der Waals surface area contributed by atoms with Crippen LogP contribution in [0.2, 0.25) is 0 Å². The first-order valence-electron chi connectivity index (χ1n) is 4.60. The van der Waals surface area contributed by atoms with Gasteiger partial charge in [-0.15, -0.1) is 0 Å². The van der Waals surface area contributed by atoms with E-state index in [4.69, 9.17) is 10.5 Å². The minimum atomic E-state index is 0.583. The largest absolute Gasteiger partial charge is 0.383 e. The first kappa shape index (κ1) is 10.7. The molecule has 1 aromatic carbocycles. The van der Waals surface area contributed by atoms with Gasteiger partial charge < -0.3 is 10.5 Å². The molecule has 1 rings (SSSR count). The van der Waals surface area contributed by atoms with Gasteiger partial charge in [-0.05, 0) is 12.5 Å². The summed E-state index contributed by atoms with van der Waals surface area (Å²) in [6.45, 7) is 3.23. The molecule has 0 fully saturated rings. The van der Waals surface area contributed by atoms with E-state index < -0.39 is 0 Å². The molecule has 0 aliphatic rings. The molecule has 0 unspecified atom stereocenters. The van der Waals surface area contributed by atoms with E-state index in [1.165, 1.54) is 0 Å². The third-order valence-corrected chi connectivity index (χ3v) is 2.00. The van der Waals surface area contributed by atoms with Crippen molar-refractivity contribution in [1.82, 2.24) is 0 Å². The maximum absolute atomic E-state index is 5.83. The normalized spacial score (nSPS) is 11.7. The van der Waals surface area contributed by atoms with E-state index in [1.54, 1.807) is 7.11 Å². The Morgan fingerprint density at radius 1 is 1.43 bits per heavy atom. The molecule has 76 valence electrons. The number of rotatable bonds is 4. The number of nitrogens with zero attached hydrogens (tertiary/aromatic N) is 1. The van der Waals surface area contributed by atoms with Crippen molar-refractivity contribution in [2.24, 2.45) is 10.7 Å². The standard InChI is InChI=1S/C11H16N2O/c1-9-5-3-4-6-10(9)11(12)13-7-8-14-2/h3-6H,7-8H2,1-2H3,(H2,12,13). The van der Waals surface area contributed by atoms with Crippen LogP contribution in [0, 0.1) is 6.92 Å². The third-order valence-electron chi connectivity index (χ3n) is 2.00. The Morgan fingerprint density at radius 2 is 2.14 bits per heavy atom. The maximum atomic E-state index is 5.83. The van der Waals surface area contributed by atoms with E-state index in [-0.39, 0.29) is 0 Å². The molecule has 0 aliphatic heterocycles. The highest BCUT2D eigenvalue weighted by atomic mass is 16.5. The number of methoxy groups -OCH3 is 1. The van der Waals surface area contributed by atoms with Crippen LogP contribution in [0.4, 0.5) is 0 Å². The molecular formula is C11H16N2O. The number of nitrogens with two attached hydrogens (primary N) is 1. The van der Waals surface area contributed by atoms with Crippen LogP contribution in [0.1, 0.15) is 11.1 Å². The molecule has 0 amide bonds. The zero-order valence-electron chi connectivity index (χ0n) is 8.66. The number of hydrogen-bond acceptors (Lipinski definition) is 2. The minimum Gasteiger partial charge on any atom is -0.383 e. The summed E-state index contributed by atoms with van der Waals surface area (Å²) in [6.07, 6.45) is 0. The highest BCUT2D eigenvalue weighted by Gasteiger charge is 2.00. The fraction of sp³-hybridized carbons (Fsp3) is 0.364. The highest BCUT2D eigenvalue weighted by Crippen LogP contribution is 2.05. The molecule has 0 aliphatic carbocycles. The van der Waals surface area contributed by atoms with E-state index in [0.29, 0.717) is 19.0 Å². The van der Waals surface area contributed by atoms with Gasteiger partial charge >= 0.3 is 0 Å². The summed E-state index contributed by atoms with van der Waals surface area (Å²) in [5.74, 6) is 0.583. The first-order chi connectivity index (χ1) is 6.75.